The Morgan fingerprint density at radius 2 is 0.763 bits per heavy atom. The van der Waals surface area contributed by atoms with Gasteiger partial charge in [-0.3, -0.25) is 0 Å². The number of hydrogen-bond donors (Lipinski definition) is 0. The van der Waals surface area contributed by atoms with Crippen molar-refractivity contribution < 1.29 is 0 Å². The Labute approximate surface area is 373 Å². The minimum Gasteiger partial charge on any atom is -0.329 e. The Morgan fingerprint density at radius 1 is 0.407 bits per heavy atom. The average molecular weight is 903 g/mol. The fourth-order valence-electron chi connectivity index (χ4n) is 6.68. The Balaban J connectivity index is 0.000000443. The summed E-state index contributed by atoms with van der Waals surface area (Å²) in [5.41, 5.74) is 6.67. The lowest BCUT2D eigenvalue weighted by molar-refractivity contribution is 0.618. The van der Waals surface area contributed by atoms with Crippen molar-refractivity contribution in [1.29, 1.82) is 0 Å². The number of benzene rings is 3. The Bertz CT molecular complexity index is 1710. The summed E-state index contributed by atoms with van der Waals surface area (Å²) in [4.78, 5) is 0. The van der Waals surface area contributed by atoms with Gasteiger partial charge in [0.25, 0.3) is 0 Å². The van der Waals surface area contributed by atoms with Gasteiger partial charge in [0.15, 0.2) is 0 Å². The maximum Gasteiger partial charge on any atom is 0.121 e. The van der Waals surface area contributed by atoms with Crippen LogP contribution in [-0.4, -0.2) is 105 Å². The molecule has 0 saturated carbocycles. The summed E-state index contributed by atoms with van der Waals surface area (Å²) in [5.74, 6) is 0. The first kappa shape index (κ1) is 55.1. The molecule has 0 saturated heterocycles. The predicted octanol–water partition coefficient (Wildman–Crippen LogP) is 13.8. The van der Waals surface area contributed by atoms with Crippen LogP contribution in [0.3, 0.4) is 0 Å². The molecule has 0 aliphatic rings. The average Bonchev–Trinajstić information content (AvgIpc) is 3.16. The van der Waals surface area contributed by atoms with Crippen LogP contribution in [0, 0.1) is 0 Å². The van der Waals surface area contributed by atoms with E-state index in [2.05, 4.69) is 227 Å². The number of rotatable bonds is 20. The van der Waals surface area contributed by atoms with Crippen LogP contribution in [0.5, 0.6) is 0 Å². The lowest BCUT2D eigenvalue weighted by atomic mass is 10.1. The topological polar surface area (TPSA) is 9.72 Å². The van der Waals surface area contributed by atoms with Crippen molar-refractivity contribution in [2.75, 3.05) is 42.3 Å². The van der Waals surface area contributed by atoms with E-state index >= 15 is 0 Å². The molecule has 0 amide bonds. The first-order valence-electron chi connectivity index (χ1n) is 22.2. The molecule has 3 rings (SSSR count). The molecule has 3 aromatic rings. The third kappa shape index (κ3) is 20.7. The molecule has 0 aliphatic carbocycles. The second-order valence-corrected chi connectivity index (χ2v) is 52.2. The third-order valence-corrected chi connectivity index (χ3v) is 36.0. The minimum absolute atomic E-state index is 1.15. The van der Waals surface area contributed by atoms with Gasteiger partial charge in [-0.2, -0.15) is 0 Å². The van der Waals surface area contributed by atoms with Crippen molar-refractivity contribution in [3.8, 4) is 0 Å². The molecule has 3 nitrogen and oxygen atoms in total. The van der Waals surface area contributed by atoms with Gasteiger partial charge < -0.3 is 13.7 Å². The fraction of sp³-hybridized carbons (Fsp3) is 0.520. The van der Waals surface area contributed by atoms with Crippen LogP contribution in [0.1, 0.15) is 27.8 Å². The van der Waals surface area contributed by atoms with E-state index in [1.54, 1.807) is 5.19 Å². The minimum atomic E-state index is -1.30. The quantitative estimate of drug-likeness (QED) is 0.105. The molecule has 0 bridgehead atoms. The summed E-state index contributed by atoms with van der Waals surface area (Å²) in [6.45, 7) is 41.5. The van der Waals surface area contributed by atoms with E-state index in [1.165, 1.54) is 76.2 Å². The molecule has 0 radical (unpaired) electrons. The van der Waals surface area contributed by atoms with E-state index in [0.29, 0.717) is 0 Å². The first-order chi connectivity index (χ1) is 27.0. The zero-order valence-corrected chi connectivity index (χ0v) is 47.8. The summed E-state index contributed by atoms with van der Waals surface area (Å²) in [7, 11) is 6.32. The first-order valence-corrected chi connectivity index (χ1v) is 41.7. The van der Waals surface area contributed by atoms with Gasteiger partial charge in [0, 0.05) is 0 Å². The van der Waals surface area contributed by atoms with Crippen LogP contribution in [0.4, 0.5) is 0 Å². The molecule has 0 heterocycles. The van der Waals surface area contributed by atoms with Gasteiger partial charge in [-0.25, -0.2) is 0 Å². The number of hydrogen-bond acceptors (Lipinski definition) is 3. The molecule has 0 aromatic heterocycles. The van der Waals surface area contributed by atoms with E-state index in [0.717, 1.165) is 0 Å². The van der Waals surface area contributed by atoms with E-state index in [-0.39, 0.29) is 0 Å². The smallest absolute Gasteiger partial charge is 0.121 e. The van der Waals surface area contributed by atoms with Crippen molar-refractivity contribution in [3.05, 3.63) is 120 Å². The zero-order chi connectivity index (χ0) is 45.5. The van der Waals surface area contributed by atoms with Crippen LogP contribution in [0.2, 0.25) is 115 Å². The van der Waals surface area contributed by atoms with E-state index in [1.807, 2.05) is 18.2 Å². The molecule has 59 heavy (non-hydrogen) atoms. The van der Waals surface area contributed by atoms with Crippen LogP contribution in [0.15, 0.2) is 92.5 Å². The van der Waals surface area contributed by atoms with Gasteiger partial charge in [0.05, 0.1) is 24.2 Å². The van der Waals surface area contributed by atoms with Crippen LogP contribution < -0.4 is 5.19 Å². The monoisotopic (exact) mass is 902 g/mol. The number of nitrogens with zero attached hydrogens (tertiary/aromatic N) is 3. The van der Waals surface area contributed by atoms with Crippen molar-refractivity contribution >= 4 is 72.3 Å². The highest BCUT2D eigenvalue weighted by molar-refractivity contribution is 6.91. The van der Waals surface area contributed by atoms with Crippen LogP contribution in [0.25, 0.3) is 18.2 Å². The highest BCUT2D eigenvalue weighted by Crippen LogP contribution is 2.27. The largest absolute Gasteiger partial charge is 0.329 e. The predicted molar refractivity (Wildman–Crippen MR) is 291 cm³/mol. The molecule has 0 aliphatic heterocycles. The van der Waals surface area contributed by atoms with Gasteiger partial charge in [-0.1, -0.05) is 224 Å². The molecule has 0 N–H and O–H groups in total. The Morgan fingerprint density at radius 3 is 1.14 bits per heavy atom. The molecule has 0 fully saturated rings. The molecule has 0 unspecified atom stereocenters. The normalized spacial score (nSPS) is 12.8. The van der Waals surface area contributed by atoms with Crippen molar-refractivity contribution in [1.82, 2.24) is 13.7 Å². The van der Waals surface area contributed by atoms with E-state index in [4.69, 9.17) is 0 Å². The third-order valence-electron chi connectivity index (χ3n) is 13.5. The summed E-state index contributed by atoms with van der Waals surface area (Å²) in [6.07, 6.45) is 5.78. The zero-order valence-electron chi connectivity index (χ0n) is 41.8. The van der Waals surface area contributed by atoms with Gasteiger partial charge in [-0.15, -0.1) is 0 Å². The highest BCUT2D eigenvalue weighted by Gasteiger charge is 2.32. The lowest BCUT2D eigenvalue weighted by Gasteiger charge is -2.33. The van der Waals surface area contributed by atoms with E-state index in [9.17, 15) is 0 Å². The van der Waals surface area contributed by atoms with E-state index < -0.39 is 48.9 Å². The Hall–Kier alpha value is -1.94. The van der Waals surface area contributed by atoms with Gasteiger partial charge in [0.1, 0.15) is 24.7 Å². The second-order valence-electron chi connectivity index (χ2n) is 21.9. The standard InChI is InChI=1S/2C17H31NSi2.C16H29NSi2/c1-8-16-9-11-17(12-10-16)15-19(4,5)13-14-20(6,7)18(2)3;1-8-16-10-9-11-17(14-16)15-19(4,5)12-13-20(6,7)18(2)3;1-8-15-9-11-16(12-10-15)18(4,5)13-14-19(6,7)17(2)3/h8-12H,1,13-15H2,2-7H3;8-11,14H,1,12-13,15H2,2-7H3;8-12H,1,13-14H2,2-7H3. The maximum atomic E-state index is 3.87. The van der Waals surface area contributed by atoms with Crippen molar-refractivity contribution in [2.45, 2.75) is 127 Å². The summed E-state index contributed by atoms with van der Waals surface area (Å²) in [5, 5.41) is 1.57. The molecule has 3 aromatic carbocycles. The SMILES string of the molecule is C=Cc1ccc(C[Si](C)(C)CC[Si](C)(C)N(C)C)cc1.C=Cc1ccc([Si](C)(C)CC[Si](C)(C)N(C)C)cc1.C=Cc1cccc(C[Si](C)(C)CC[Si](C)(C)N(C)C)c1. The van der Waals surface area contributed by atoms with Crippen molar-refractivity contribution in [2.24, 2.45) is 0 Å². The van der Waals surface area contributed by atoms with Crippen LogP contribution >= 0.6 is 0 Å². The molecule has 330 valence electrons. The second kappa shape index (κ2) is 24.1. The van der Waals surface area contributed by atoms with Gasteiger partial charge in [-0.05, 0) is 89.2 Å². The van der Waals surface area contributed by atoms with Crippen molar-refractivity contribution in [3.63, 3.8) is 0 Å². The molecule has 9 heteroatoms. The molecule has 0 spiro atoms. The van der Waals surface area contributed by atoms with Crippen LogP contribution in [-0.2, 0) is 12.1 Å². The molecular formula is C50H91N3Si6. The van der Waals surface area contributed by atoms with Gasteiger partial charge in [0.2, 0.25) is 0 Å². The summed E-state index contributed by atoms with van der Waals surface area (Å²) < 4.78 is 7.43. The summed E-state index contributed by atoms with van der Waals surface area (Å²) in [6, 6.07) is 37.9. The highest BCUT2D eigenvalue weighted by atomic mass is 28.3. The summed E-state index contributed by atoms with van der Waals surface area (Å²) >= 11 is 0. The van der Waals surface area contributed by atoms with Gasteiger partial charge >= 0.3 is 0 Å². The fourth-order valence-corrected chi connectivity index (χ4v) is 27.7. The molecular weight excluding hydrogens is 811 g/mol. The molecule has 0 atom stereocenters. The lowest BCUT2D eigenvalue weighted by Crippen LogP contribution is -2.48. The Kier molecular flexibility index (Phi) is 22.5. The maximum absolute atomic E-state index is 3.87.